The monoisotopic (exact) mass is 361 g/mol. The highest BCUT2D eigenvalue weighted by Crippen LogP contribution is 2.29. The standard InChI is InChI=1S/C18H16ClNO5/c1-11(17(21)20-9-15-3-2-6-23-15)25-18(22)13-7-12-8-14(19)4-5-16(12)24-10-13/h2-8,11H,9-10H2,1H3,(H,20,21). The molecule has 25 heavy (non-hydrogen) atoms. The Morgan fingerprint density at radius 3 is 2.96 bits per heavy atom. The van der Waals surface area contributed by atoms with E-state index < -0.39 is 18.0 Å². The molecule has 0 bridgehead atoms. The van der Waals surface area contributed by atoms with Crippen molar-refractivity contribution in [3.05, 3.63) is 58.5 Å². The second-order valence-corrected chi connectivity index (χ2v) is 5.92. The molecule has 0 radical (unpaired) electrons. The van der Waals surface area contributed by atoms with Crippen LogP contribution in [0.4, 0.5) is 0 Å². The highest BCUT2D eigenvalue weighted by Gasteiger charge is 2.23. The molecule has 0 saturated heterocycles. The summed E-state index contributed by atoms with van der Waals surface area (Å²) < 4.78 is 15.8. The summed E-state index contributed by atoms with van der Waals surface area (Å²) in [6.45, 7) is 1.81. The number of benzene rings is 1. The van der Waals surface area contributed by atoms with E-state index in [0.717, 1.165) is 0 Å². The van der Waals surface area contributed by atoms with Crippen LogP contribution in [0.2, 0.25) is 5.02 Å². The molecule has 0 fully saturated rings. The number of amides is 1. The first-order valence-electron chi connectivity index (χ1n) is 7.67. The fourth-order valence-electron chi connectivity index (χ4n) is 2.29. The molecule has 3 rings (SSSR count). The SMILES string of the molecule is CC(OC(=O)C1=Cc2cc(Cl)ccc2OC1)C(=O)NCc1ccco1. The molecule has 1 aliphatic rings. The molecule has 130 valence electrons. The largest absolute Gasteiger partial charge is 0.488 e. The van der Waals surface area contributed by atoms with Crippen LogP contribution >= 0.6 is 11.6 Å². The van der Waals surface area contributed by atoms with Crippen molar-refractivity contribution >= 4 is 29.6 Å². The molecule has 2 aromatic rings. The third kappa shape index (κ3) is 4.22. The quantitative estimate of drug-likeness (QED) is 0.828. The Morgan fingerprint density at radius 1 is 1.36 bits per heavy atom. The van der Waals surface area contributed by atoms with Crippen LogP contribution in [0.25, 0.3) is 6.08 Å². The van der Waals surface area contributed by atoms with E-state index in [1.807, 2.05) is 0 Å². The van der Waals surface area contributed by atoms with E-state index in [0.29, 0.717) is 27.7 Å². The number of halogens is 1. The smallest absolute Gasteiger partial charge is 0.338 e. The molecule has 2 heterocycles. The summed E-state index contributed by atoms with van der Waals surface area (Å²) in [6.07, 6.45) is 2.23. The Balaban J connectivity index is 1.59. The van der Waals surface area contributed by atoms with Crippen LogP contribution in [-0.4, -0.2) is 24.6 Å². The lowest BCUT2D eigenvalue weighted by molar-refractivity contribution is -0.151. The second-order valence-electron chi connectivity index (χ2n) is 5.49. The van der Waals surface area contributed by atoms with Gasteiger partial charge in [-0.25, -0.2) is 4.79 Å². The van der Waals surface area contributed by atoms with Gasteiger partial charge in [-0.15, -0.1) is 0 Å². The Labute approximate surface area is 149 Å². The van der Waals surface area contributed by atoms with Gasteiger partial charge in [-0.2, -0.15) is 0 Å². The van der Waals surface area contributed by atoms with Gasteiger partial charge in [0, 0.05) is 10.6 Å². The Kier molecular flexibility index (Phi) is 5.09. The first kappa shape index (κ1) is 17.1. The Morgan fingerprint density at radius 2 is 2.20 bits per heavy atom. The van der Waals surface area contributed by atoms with E-state index in [2.05, 4.69) is 5.32 Å². The van der Waals surface area contributed by atoms with Gasteiger partial charge in [0.25, 0.3) is 5.91 Å². The van der Waals surface area contributed by atoms with Gasteiger partial charge >= 0.3 is 5.97 Å². The number of furan rings is 1. The van der Waals surface area contributed by atoms with Crippen LogP contribution in [0, 0.1) is 0 Å². The van der Waals surface area contributed by atoms with Crippen LogP contribution < -0.4 is 10.1 Å². The van der Waals surface area contributed by atoms with Gasteiger partial charge in [0.2, 0.25) is 0 Å². The number of hydrogen-bond acceptors (Lipinski definition) is 5. The number of esters is 1. The topological polar surface area (TPSA) is 77.8 Å². The average molecular weight is 362 g/mol. The van der Waals surface area contributed by atoms with Gasteiger partial charge < -0.3 is 19.2 Å². The zero-order valence-corrected chi connectivity index (χ0v) is 14.2. The van der Waals surface area contributed by atoms with Crippen molar-refractivity contribution in [2.24, 2.45) is 0 Å². The van der Waals surface area contributed by atoms with Crippen molar-refractivity contribution in [1.82, 2.24) is 5.32 Å². The molecule has 1 aromatic heterocycles. The van der Waals surface area contributed by atoms with Crippen molar-refractivity contribution in [2.75, 3.05) is 6.61 Å². The molecule has 0 spiro atoms. The average Bonchev–Trinajstić information content (AvgIpc) is 3.12. The summed E-state index contributed by atoms with van der Waals surface area (Å²) in [4.78, 5) is 24.2. The number of ether oxygens (including phenoxy) is 2. The minimum Gasteiger partial charge on any atom is -0.488 e. The normalized spacial score (nSPS) is 13.9. The Bertz CT molecular complexity index is 813. The maximum atomic E-state index is 12.2. The molecular weight excluding hydrogens is 346 g/mol. The van der Waals surface area contributed by atoms with Crippen molar-refractivity contribution < 1.29 is 23.5 Å². The molecule has 1 aromatic carbocycles. The minimum atomic E-state index is -0.941. The number of fused-ring (bicyclic) bond motifs is 1. The van der Waals surface area contributed by atoms with E-state index in [1.54, 1.807) is 36.4 Å². The zero-order valence-electron chi connectivity index (χ0n) is 13.5. The van der Waals surface area contributed by atoms with Crippen LogP contribution in [0.1, 0.15) is 18.2 Å². The molecule has 1 atom stereocenters. The minimum absolute atomic E-state index is 0.0776. The molecule has 6 nitrogen and oxygen atoms in total. The molecule has 0 aliphatic carbocycles. The zero-order chi connectivity index (χ0) is 17.8. The van der Waals surface area contributed by atoms with Crippen molar-refractivity contribution in [3.63, 3.8) is 0 Å². The summed E-state index contributed by atoms with van der Waals surface area (Å²) in [7, 11) is 0. The molecule has 7 heteroatoms. The third-order valence-corrected chi connectivity index (χ3v) is 3.85. The first-order chi connectivity index (χ1) is 12.0. The molecular formula is C18H16ClNO5. The number of hydrogen-bond donors (Lipinski definition) is 1. The lowest BCUT2D eigenvalue weighted by Gasteiger charge is -2.19. The number of carbonyl (C=O) groups is 2. The number of carbonyl (C=O) groups excluding carboxylic acids is 2. The summed E-state index contributed by atoms with van der Waals surface area (Å²) in [6, 6.07) is 8.61. The van der Waals surface area contributed by atoms with E-state index in [9.17, 15) is 9.59 Å². The fourth-order valence-corrected chi connectivity index (χ4v) is 2.47. The van der Waals surface area contributed by atoms with Crippen molar-refractivity contribution in [2.45, 2.75) is 19.6 Å². The van der Waals surface area contributed by atoms with Gasteiger partial charge in [0.15, 0.2) is 6.10 Å². The summed E-state index contributed by atoms with van der Waals surface area (Å²) in [5.74, 6) is 0.241. The maximum Gasteiger partial charge on any atom is 0.338 e. The molecule has 1 N–H and O–H groups in total. The van der Waals surface area contributed by atoms with Crippen molar-refractivity contribution in [1.29, 1.82) is 0 Å². The molecule has 1 amide bonds. The van der Waals surface area contributed by atoms with Crippen LogP contribution in [0.5, 0.6) is 5.75 Å². The summed E-state index contributed by atoms with van der Waals surface area (Å²) in [5.41, 5.74) is 1.01. The van der Waals surface area contributed by atoms with Crippen molar-refractivity contribution in [3.8, 4) is 5.75 Å². The van der Waals surface area contributed by atoms with E-state index >= 15 is 0 Å². The molecule has 1 unspecified atom stereocenters. The number of rotatable bonds is 5. The first-order valence-corrected chi connectivity index (χ1v) is 8.05. The predicted octanol–water partition coefficient (Wildman–Crippen LogP) is 2.96. The Hall–Kier alpha value is -2.73. The van der Waals surface area contributed by atoms with Gasteiger partial charge in [0.05, 0.1) is 18.4 Å². The van der Waals surface area contributed by atoms with E-state index in [4.69, 9.17) is 25.5 Å². The molecule has 0 saturated carbocycles. The van der Waals surface area contributed by atoms with Crippen LogP contribution in [0.3, 0.4) is 0 Å². The van der Waals surface area contributed by atoms with Gasteiger partial charge in [-0.05, 0) is 43.3 Å². The third-order valence-electron chi connectivity index (χ3n) is 3.62. The summed E-state index contributed by atoms with van der Waals surface area (Å²) >= 11 is 5.95. The maximum absolute atomic E-state index is 12.2. The van der Waals surface area contributed by atoms with E-state index in [1.165, 1.54) is 13.2 Å². The highest BCUT2D eigenvalue weighted by molar-refractivity contribution is 6.30. The van der Waals surface area contributed by atoms with E-state index in [-0.39, 0.29) is 13.2 Å². The molecule has 1 aliphatic heterocycles. The fraction of sp³-hybridized carbons (Fsp3) is 0.222. The summed E-state index contributed by atoms with van der Waals surface area (Å²) in [5, 5.41) is 3.18. The highest BCUT2D eigenvalue weighted by atomic mass is 35.5. The van der Waals surface area contributed by atoms with Gasteiger partial charge in [-0.1, -0.05) is 11.6 Å². The van der Waals surface area contributed by atoms with Gasteiger partial charge in [0.1, 0.15) is 18.1 Å². The lowest BCUT2D eigenvalue weighted by Crippen LogP contribution is -2.36. The van der Waals surface area contributed by atoms with Crippen LogP contribution in [0.15, 0.2) is 46.6 Å². The second kappa shape index (κ2) is 7.44. The van der Waals surface area contributed by atoms with Crippen LogP contribution in [-0.2, 0) is 20.9 Å². The number of nitrogens with one attached hydrogen (secondary N) is 1. The predicted molar refractivity (Wildman–Crippen MR) is 91.0 cm³/mol. The van der Waals surface area contributed by atoms with Gasteiger partial charge in [-0.3, -0.25) is 4.79 Å². The lowest BCUT2D eigenvalue weighted by atomic mass is 10.1.